The molecule has 0 radical (unpaired) electrons. The first-order valence-electron chi connectivity index (χ1n) is 5.14. The molecule has 1 aromatic rings. The summed E-state index contributed by atoms with van der Waals surface area (Å²) in [6.07, 6.45) is 0. The Balaban J connectivity index is 2.76. The van der Waals surface area contributed by atoms with Crippen LogP contribution in [-0.2, 0) is 0 Å². The van der Waals surface area contributed by atoms with Crippen LogP contribution in [0.4, 0.5) is 11.5 Å². The molecule has 0 saturated carbocycles. The van der Waals surface area contributed by atoms with E-state index in [0.717, 1.165) is 6.54 Å². The van der Waals surface area contributed by atoms with Crippen LogP contribution in [0, 0.1) is 10.1 Å². The SMILES string of the molecule is CNc1cc([N+](=O)[O-])cc(OCCN(C)C)n1. The number of hydrogen-bond donors (Lipinski definition) is 1. The molecule has 0 fully saturated rings. The van der Waals surface area contributed by atoms with Crippen molar-refractivity contribution in [2.75, 3.05) is 39.6 Å². The van der Waals surface area contributed by atoms with Gasteiger partial charge in [0.15, 0.2) is 0 Å². The molecule has 1 heterocycles. The molecule has 0 aromatic carbocycles. The average Bonchev–Trinajstić information content (AvgIpc) is 2.28. The predicted octanol–water partition coefficient (Wildman–Crippen LogP) is 0.972. The van der Waals surface area contributed by atoms with Gasteiger partial charge in [0.25, 0.3) is 5.69 Å². The number of anilines is 1. The van der Waals surface area contributed by atoms with Crippen LogP contribution in [0.15, 0.2) is 12.1 Å². The summed E-state index contributed by atoms with van der Waals surface area (Å²) in [4.78, 5) is 16.2. The fourth-order valence-electron chi connectivity index (χ4n) is 1.13. The number of hydrogen-bond acceptors (Lipinski definition) is 6. The molecular formula is C10H16N4O3. The summed E-state index contributed by atoms with van der Waals surface area (Å²) in [6, 6.07) is 2.68. The van der Waals surface area contributed by atoms with Gasteiger partial charge in [0.1, 0.15) is 12.4 Å². The molecule has 1 aromatic heterocycles. The smallest absolute Gasteiger partial charge is 0.278 e. The van der Waals surface area contributed by atoms with Crippen molar-refractivity contribution in [1.82, 2.24) is 9.88 Å². The number of likely N-dealkylation sites (N-methyl/N-ethyl adjacent to an activating group) is 1. The zero-order chi connectivity index (χ0) is 12.8. The molecular weight excluding hydrogens is 224 g/mol. The highest BCUT2D eigenvalue weighted by atomic mass is 16.6. The highest BCUT2D eigenvalue weighted by molar-refractivity contribution is 5.47. The van der Waals surface area contributed by atoms with Crippen molar-refractivity contribution in [1.29, 1.82) is 0 Å². The monoisotopic (exact) mass is 240 g/mol. The minimum atomic E-state index is -0.471. The summed E-state index contributed by atoms with van der Waals surface area (Å²) in [5.41, 5.74) is -0.0378. The minimum absolute atomic E-state index is 0.0378. The topological polar surface area (TPSA) is 80.5 Å². The molecule has 0 atom stereocenters. The Kier molecular flexibility index (Phi) is 4.65. The fourth-order valence-corrected chi connectivity index (χ4v) is 1.13. The second-order valence-corrected chi connectivity index (χ2v) is 3.71. The predicted molar refractivity (Wildman–Crippen MR) is 64.5 cm³/mol. The quantitative estimate of drug-likeness (QED) is 0.589. The van der Waals surface area contributed by atoms with Gasteiger partial charge in [-0.15, -0.1) is 0 Å². The number of rotatable bonds is 6. The maximum absolute atomic E-state index is 10.7. The summed E-state index contributed by atoms with van der Waals surface area (Å²) in [7, 11) is 5.49. The van der Waals surface area contributed by atoms with Crippen LogP contribution in [0.2, 0.25) is 0 Å². The normalized spacial score (nSPS) is 10.4. The van der Waals surface area contributed by atoms with Crippen LogP contribution in [-0.4, -0.2) is 49.1 Å². The lowest BCUT2D eigenvalue weighted by molar-refractivity contribution is -0.384. The summed E-state index contributed by atoms with van der Waals surface area (Å²) in [5.74, 6) is 0.671. The van der Waals surface area contributed by atoms with Gasteiger partial charge in [-0.3, -0.25) is 10.1 Å². The van der Waals surface area contributed by atoms with Crippen LogP contribution in [0.25, 0.3) is 0 Å². The molecule has 0 aliphatic carbocycles. The Hall–Kier alpha value is -1.89. The van der Waals surface area contributed by atoms with Crippen LogP contribution >= 0.6 is 0 Å². The molecule has 1 rings (SSSR count). The maximum Gasteiger partial charge on any atom is 0.278 e. The lowest BCUT2D eigenvalue weighted by Gasteiger charge is -2.10. The van der Waals surface area contributed by atoms with Crippen molar-refractivity contribution < 1.29 is 9.66 Å². The van der Waals surface area contributed by atoms with Crippen molar-refractivity contribution in [3.05, 3.63) is 22.2 Å². The van der Waals surface area contributed by atoms with E-state index in [-0.39, 0.29) is 11.6 Å². The van der Waals surface area contributed by atoms with Gasteiger partial charge in [-0.1, -0.05) is 0 Å². The number of nitrogens with zero attached hydrogens (tertiary/aromatic N) is 3. The maximum atomic E-state index is 10.7. The van der Waals surface area contributed by atoms with Gasteiger partial charge < -0.3 is 15.0 Å². The fraction of sp³-hybridized carbons (Fsp3) is 0.500. The standard InChI is InChI=1S/C10H16N4O3/c1-11-9-6-8(14(15)16)7-10(12-9)17-5-4-13(2)3/h6-7H,4-5H2,1-3H3,(H,11,12). The molecule has 0 aliphatic rings. The van der Waals surface area contributed by atoms with Gasteiger partial charge in [0.2, 0.25) is 5.88 Å². The third-order valence-corrected chi connectivity index (χ3v) is 2.04. The Morgan fingerprint density at radius 2 is 2.24 bits per heavy atom. The third-order valence-electron chi connectivity index (χ3n) is 2.04. The molecule has 7 heteroatoms. The number of nitro groups is 1. The van der Waals surface area contributed by atoms with E-state index in [0.29, 0.717) is 12.4 Å². The van der Waals surface area contributed by atoms with E-state index in [9.17, 15) is 10.1 Å². The number of ether oxygens (including phenoxy) is 1. The van der Waals surface area contributed by atoms with Crippen molar-refractivity contribution in [3.63, 3.8) is 0 Å². The zero-order valence-corrected chi connectivity index (χ0v) is 10.1. The zero-order valence-electron chi connectivity index (χ0n) is 10.1. The summed E-state index contributed by atoms with van der Waals surface area (Å²) < 4.78 is 5.35. The third kappa shape index (κ3) is 4.23. The molecule has 0 saturated heterocycles. The first kappa shape index (κ1) is 13.2. The van der Waals surface area contributed by atoms with E-state index in [4.69, 9.17) is 4.74 Å². The Morgan fingerprint density at radius 3 is 2.76 bits per heavy atom. The largest absolute Gasteiger partial charge is 0.476 e. The summed E-state index contributed by atoms with van der Waals surface area (Å²) in [5, 5.41) is 13.4. The van der Waals surface area contributed by atoms with Crippen LogP contribution in [0.1, 0.15) is 0 Å². The molecule has 7 nitrogen and oxygen atoms in total. The van der Waals surface area contributed by atoms with Gasteiger partial charge in [0.05, 0.1) is 17.1 Å². The number of aromatic nitrogens is 1. The average molecular weight is 240 g/mol. The second-order valence-electron chi connectivity index (χ2n) is 3.71. The van der Waals surface area contributed by atoms with Crippen molar-refractivity contribution in [2.24, 2.45) is 0 Å². The summed E-state index contributed by atoms with van der Waals surface area (Å²) in [6.45, 7) is 1.16. The number of pyridine rings is 1. The van der Waals surface area contributed by atoms with E-state index in [2.05, 4.69) is 10.3 Å². The van der Waals surface area contributed by atoms with Gasteiger partial charge in [-0.05, 0) is 14.1 Å². The van der Waals surface area contributed by atoms with Gasteiger partial charge >= 0.3 is 0 Å². The van der Waals surface area contributed by atoms with E-state index in [1.807, 2.05) is 19.0 Å². The molecule has 0 unspecified atom stereocenters. The number of nitrogens with one attached hydrogen (secondary N) is 1. The lowest BCUT2D eigenvalue weighted by atomic mass is 10.4. The van der Waals surface area contributed by atoms with Crippen LogP contribution in [0.3, 0.4) is 0 Å². The first-order valence-corrected chi connectivity index (χ1v) is 5.14. The second kappa shape index (κ2) is 6.00. The van der Waals surface area contributed by atoms with Crippen LogP contribution < -0.4 is 10.1 Å². The molecule has 17 heavy (non-hydrogen) atoms. The van der Waals surface area contributed by atoms with Gasteiger partial charge in [-0.25, -0.2) is 0 Å². The first-order chi connectivity index (χ1) is 8.02. The molecule has 1 N–H and O–H groups in total. The molecule has 0 amide bonds. The van der Waals surface area contributed by atoms with E-state index in [1.54, 1.807) is 7.05 Å². The van der Waals surface area contributed by atoms with Crippen molar-refractivity contribution >= 4 is 11.5 Å². The Morgan fingerprint density at radius 1 is 1.53 bits per heavy atom. The highest BCUT2D eigenvalue weighted by Crippen LogP contribution is 2.21. The lowest BCUT2D eigenvalue weighted by Crippen LogP contribution is -2.19. The Bertz CT molecular complexity index is 395. The van der Waals surface area contributed by atoms with E-state index < -0.39 is 4.92 Å². The van der Waals surface area contributed by atoms with Crippen LogP contribution in [0.5, 0.6) is 5.88 Å². The Labute approximate surface area is 99.6 Å². The molecule has 0 bridgehead atoms. The van der Waals surface area contributed by atoms with Crippen molar-refractivity contribution in [3.8, 4) is 5.88 Å². The van der Waals surface area contributed by atoms with Crippen molar-refractivity contribution in [2.45, 2.75) is 0 Å². The van der Waals surface area contributed by atoms with E-state index >= 15 is 0 Å². The molecule has 0 aliphatic heterocycles. The summed E-state index contributed by atoms with van der Waals surface area (Å²) >= 11 is 0. The van der Waals surface area contributed by atoms with E-state index in [1.165, 1.54) is 12.1 Å². The van der Waals surface area contributed by atoms with Gasteiger partial charge in [-0.2, -0.15) is 4.98 Å². The van der Waals surface area contributed by atoms with Gasteiger partial charge in [0, 0.05) is 13.6 Å². The highest BCUT2D eigenvalue weighted by Gasteiger charge is 2.11. The molecule has 94 valence electrons. The minimum Gasteiger partial charge on any atom is -0.476 e. The molecule has 0 spiro atoms.